The van der Waals surface area contributed by atoms with Gasteiger partial charge in [-0.1, -0.05) is 23.9 Å². The van der Waals surface area contributed by atoms with Crippen LogP contribution in [0.1, 0.15) is 5.56 Å². The predicted molar refractivity (Wildman–Crippen MR) is 109 cm³/mol. The number of nitrogens with zero attached hydrogens (tertiary/aromatic N) is 3. The number of hydrogen-bond acceptors (Lipinski definition) is 6. The number of carbonyl (C=O) groups is 2. The standard InChI is InChI=1S/C21H20F3N3O4S/c22-21(23,24)14-5-6-18(25-11-14)32-13-19(28)26-7-9-27(10-8-26)20(29)17-12-30-15-3-1-2-4-16(15)31-17/h1-6,11,17H,7-10,12-13H2. The predicted octanol–water partition coefficient (Wildman–Crippen LogP) is 2.70. The van der Waals surface area contributed by atoms with Crippen molar-refractivity contribution in [3.8, 4) is 11.5 Å². The van der Waals surface area contributed by atoms with Crippen molar-refractivity contribution in [1.29, 1.82) is 0 Å². The Morgan fingerprint density at radius 1 is 1.03 bits per heavy atom. The van der Waals surface area contributed by atoms with Crippen molar-refractivity contribution in [3.63, 3.8) is 0 Å². The van der Waals surface area contributed by atoms with Gasteiger partial charge in [0.1, 0.15) is 6.61 Å². The molecule has 7 nitrogen and oxygen atoms in total. The second-order valence-corrected chi connectivity index (χ2v) is 8.24. The molecule has 1 unspecified atom stereocenters. The highest BCUT2D eigenvalue weighted by Gasteiger charge is 2.33. The Balaban J connectivity index is 1.24. The van der Waals surface area contributed by atoms with Crippen LogP contribution in [0.25, 0.3) is 0 Å². The van der Waals surface area contributed by atoms with E-state index in [4.69, 9.17) is 9.47 Å². The fourth-order valence-electron chi connectivity index (χ4n) is 3.38. The highest BCUT2D eigenvalue weighted by atomic mass is 32.2. The van der Waals surface area contributed by atoms with Gasteiger partial charge in [0.15, 0.2) is 11.5 Å². The fraction of sp³-hybridized carbons (Fsp3) is 0.381. The van der Waals surface area contributed by atoms with Crippen LogP contribution < -0.4 is 9.47 Å². The minimum atomic E-state index is -4.44. The number of amides is 2. The largest absolute Gasteiger partial charge is 0.485 e. The van der Waals surface area contributed by atoms with Crippen molar-refractivity contribution < 1.29 is 32.2 Å². The minimum Gasteiger partial charge on any atom is -0.485 e. The zero-order chi connectivity index (χ0) is 22.7. The lowest BCUT2D eigenvalue weighted by Gasteiger charge is -2.37. The van der Waals surface area contributed by atoms with Crippen molar-refractivity contribution in [2.75, 3.05) is 38.5 Å². The third-order valence-corrected chi connectivity index (χ3v) is 6.06. The average molecular weight is 467 g/mol. The molecule has 4 rings (SSSR count). The topological polar surface area (TPSA) is 72.0 Å². The first kappa shape index (κ1) is 22.3. The Bertz CT molecular complexity index is 979. The molecular weight excluding hydrogens is 447 g/mol. The molecule has 2 aromatic rings. The number of piperazine rings is 1. The summed E-state index contributed by atoms with van der Waals surface area (Å²) in [5.41, 5.74) is -0.829. The van der Waals surface area contributed by atoms with Gasteiger partial charge in [0.25, 0.3) is 5.91 Å². The van der Waals surface area contributed by atoms with Crippen LogP contribution in [0.3, 0.4) is 0 Å². The van der Waals surface area contributed by atoms with Gasteiger partial charge < -0.3 is 19.3 Å². The fourth-order valence-corrected chi connectivity index (χ4v) is 4.13. The maximum atomic E-state index is 12.8. The van der Waals surface area contributed by atoms with Gasteiger partial charge >= 0.3 is 6.18 Å². The Morgan fingerprint density at radius 3 is 2.38 bits per heavy atom. The van der Waals surface area contributed by atoms with E-state index in [-0.39, 0.29) is 24.2 Å². The summed E-state index contributed by atoms with van der Waals surface area (Å²) in [5, 5.41) is 0.342. The Hall–Kier alpha value is -2.95. The van der Waals surface area contributed by atoms with Crippen LogP contribution >= 0.6 is 11.8 Å². The van der Waals surface area contributed by atoms with Gasteiger partial charge in [0.05, 0.1) is 16.3 Å². The van der Waals surface area contributed by atoms with Crippen molar-refractivity contribution in [3.05, 3.63) is 48.2 Å². The number of halogens is 3. The quantitative estimate of drug-likeness (QED) is 0.644. The molecule has 1 aromatic heterocycles. The monoisotopic (exact) mass is 467 g/mol. The molecule has 0 bridgehead atoms. The van der Waals surface area contributed by atoms with Crippen LogP contribution in [-0.4, -0.2) is 71.2 Å². The van der Waals surface area contributed by atoms with Crippen LogP contribution in [-0.2, 0) is 15.8 Å². The van der Waals surface area contributed by atoms with E-state index < -0.39 is 17.8 Å². The molecule has 32 heavy (non-hydrogen) atoms. The van der Waals surface area contributed by atoms with Crippen LogP contribution in [0.4, 0.5) is 13.2 Å². The average Bonchev–Trinajstić information content (AvgIpc) is 2.81. The second-order valence-electron chi connectivity index (χ2n) is 7.24. The van der Waals surface area contributed by atoms with Crippen LogP contribution in [0.15, 0.2) is 47.6 Å². The summed E-state index contributed by atoms with van der Waals surface area (Å²) >= 11 is 1.08. The van der Waals surface area contributed by atoms with Gasteiger partial charge in [-0.25, -0.2) is 4.98 Å². The number of thioether (sulfide) groups is 1. The van der Waals surface area contributed by atoms with E-state index >= 15 is 0 Å². The number of alkyl halides is 3. The molecule has 0 radical (unpaired) electrons. The molecule has 170 valence electrons. The zero-order valence-electron chi connectivity index (χ0n) is 16.9. The summed E-state index contributed by atoms with van der Waals surface area (Å²) in [6.45, 7) is 1.61. The number of benzene rings is 1. The summed E-state index contributed by atoms with van der Waals surface area (Å²) in [7, 11) is 0. The number of para-hydroxylation sites is 2. The first-order valence-corrected chi connectivity index (χ1v) is 10.9. The lowest BCUT2D eigenvalue weighted by atomic mass is 10.2. The number of ether oxygens (including phenoxy) is 2. The van der Waals surface area contributed by atoms with Crippen molar-refractivity contribution in [2.45, 2.75) is 17.3 Å². The number of hydrogen-bond donors (Lipinski definition) is 0. The highest BCUT2D eigenvalue weighted by Crippen LogP contribution is 2.32. The third-order valence-electron chi connectivity index (χ3n) is 5.14. The Labute approximate surface area is 186 Å². The molecule has 0 N–H and O–H groups in total. The first-order valence-electron chi connectivity index (χ1n) is 9.92. The van der Waals surface area contributed by atoms with E-state index in [0.717, 1.165) is 24.0 Å². The molecule has 2 aliphatic heterocycles. The van der Waals surface area contributed by atoms with Crippen molar-refractivity contribution in [2.24, 2.45) is 0 Å². The summed E-state index contributed by atoms with van der Waals surface area (Å²) < 4.78 is 49.2. The van der Waals surface area contributed by atoms with Crippen LogP contribution in [0, 0.1) is 0 Å². The van der Waals surface area contributed by atoms with Gasteiger partial charge in [-0.05, 0) is 24.3 Å². The molecule has 1 saturated heterocycles. The van der Waals surface area contributed by atoms with Gasteiger partial charge in [-0.2, -0.15) is 13.2 Å². The first-order chi connectivity index (χ1) is 15.3. The molecule has 1 aromatic carbocycles. The molecule has 0 aliphatic carbocycles. The second kappa shape index (κ2) is 9.27. The van der Waals surface area contributed by atoms with Gasteiger partial charge in [0.2, 0.25) is 12.0 Å². The van der Waals surface area contributed by atoms with Gasteiger partial charge in [-0.3, -0.25) is 9.59 Å². The molecule has 2 amide bonds. The maximum Gasteiger partial charge on any atom is 0.417 e. The highest BCUT2D eigenvalue weighted by molar-refractivity contribution is 7.99. The molecule has 1 fully saturated rings. The smallest absolute Gasteiger partial charge is 0.417 e. The molecule has 11 heteroatoms. The van der Waals surface area contributed by atoms with E-state index in [0.29, 0.717) is 42.7 Å². The summed E-state index contributed by atoms with van der Waals surface area (Å²) in [4.78, 5) is 32.3. The summed E-state index contributed by atoms with van der Waals surface area (Å²) in [6.07, 6.45) is -4.41. The number of rotatable bonds is 4. The minimum absolute atomic E-state index is 0.0582. The Morgan fingerprint density at radius 2 is 1.72 bits per heavy atom. The lowest BCUT2D eigenvalue weighted by Crippen LogP contribution is -2.55. The summed E-state index contributed by atoms with van der Waals surface area (Å²) in [6, 6.07) is 9.35. The van der Waals surface area contributed by atoms with E-state index in [2.05, 4.69) is 4.98 Å². The molecule has 3 heterocycles. The van der Waals surface area contributed by atoms with Gasteiger partial charge in [0, 0.05) is 32.4 Å². The molecule has 0 spiro atoms. The van der Waals surface area contributed by atoms with E-state index in [1.54, 1.807) is 28.0 Å². The van der Waals surface area contributed by atoms with Crippen molar-refractivity contribution in [1.82, 2.24) is 14.8 Å². The third kappa shape index (κ3) is 5.09. The normalized spacial score (nSPS) is 18.4. The maximum absolute atomic E-state index is 12.8. The number of carbonyl (C=O) groups excluding carboxylic acids is 2. The molecule has 0 saturated carbocycles. The molecular formula is C21H20F3N3O4S. The lowest BCUT2D eigenvalue weighted by molar-refractivity contribution is -0.145. The van der Waals surface area contributed by atoms with E-state index in [1.165, 1.54) is 6.07 Å². The Kier molecular flexibility index (Phi) is 6.45. The van der Waals surface area contributed by atoms with E-state index in [9.17, 15) is 22.8 Å². The number of pyridine rings is 1. The summed E-state index contributed by atoms with van der Waals surface area (Å²) in [5.74, 6) is 0.847. The van der Waals surface area contributed by atoms with Crippen LogP contribution in [0.2, 0.25) is 0 Å². The molecule has 2 aliphatic rings. The van der Waals surface area contributed by atoms with Crippen molar-refractivity contribution >= 4 is 23.6 Å². The zero-order valence-corrected chi connectivity index (χ0v) is 17.7. The number of aromatic nitrogens is 1. The molecule has 1 atom stereocenters. The van der Waals surface area contributed by atoms with E-state index in [1.807, 2.05) is 6.07 Å². The van der Waals surface area contributed by atoms with Gasteiger partial charge in [-0.15, -0.1) is 0 Å². The SMILES string of the molecule is O=C(CSc1ccc(C(F)(F)F)cn1)N1CCN(C(=O)C2COc3ccccc3O2)CC1. The van der Waals surface area contributed by atoms with Crippen LogP contribution in [0.5, 0.6) is 11.5 Å². The number of fused-ring (bicyclic) bond motifs is 1.